The summed E-state index contributed by atoms with van der Waals surface area (Å²) in [6.07, 6.45) is 0.712. The van der Waals surface area contributed by atoms with Crippen LogP contribution in [0.1, 0.15) is 16.2 Å². The number of aliphatic carboxylic acids is 1. The Morgan fingerprint density at radius 2 is 2.38 bits per heavy atom. The van der Waals surface area contributed by atoms with Crippen LogP contribution in [0.25, 0.3) is 11.3 Å². The SMILES string of the molecule is Cc1snnc1-c1ccsc1CCC(=O)O. The number of carboxylic acids is 1. The second-order valence-electron chi connectivity index (χ2n) is 3.33. The number of aromatic nitrogens is 2. The summed E-state index contributed by atoms with van der Waals surface area (Å²) in [5, 5.41) is 14.7. The minimum absolute atomic E-state index is 0.157. The molecule has 0 saturated heterocycles. The second-order valence-corrected chi connectivity index (χ2v) is 5.29. The molecule has 0 aliphatic rings. The molecule has 0 spiro atoms. The molecule has 0 amide bonds. The van der Waals surface area contributed by atoms with Crippen molar-refractivity contribution in [1.82, 2.24) is 9.59 Å². The fraction of sp³-hybridized carbons (Fsp3) is 0.300. The van der Waals surface area contributed by atoms with E-state index in [0.29, 0.717) is 6.42 Å². The maximum Gasteiger partial charge on any atom is 0.303 e. The topological polar surface area (TPSA) is 63.1 Å². The van der Waals surface area contributed by atoms with E-state index in [1.54, 1.807) is 11.3 Å². The van der Waals surface area contributed by atoms with E-state index in [9.17, 15) is 4.79 Å². The van der Waals surface area contributed by atoms with Crippen molar-refractivity contribution in [3.05, 3.63) is 21.2 Å². The molecule has 2 rings (SSSR count). The van der Waals surface area contributed by atoms with E-state index in [1.165, 1.54) is 11.5 Å². The van der Waals surface area contributed by atoms with Crippen molar-refractivity contribution in [3.63, 3.8) is 0 Å². The summed E-state index contributed by atoms with van der Waals surface area (Å²) in [4.78, 5) is 12.7. The van der Waals surface area contributed by atoms with Gasteiger partial charge in [-0.1, -0.05) is 4.49 Å². The van der Waals surface area contributed by atoms with Gasteiger partial charge < -0.3 is 5.11 Å². The van der Waals surface area contributed by atoms with Gasteiger partial charge in [-0.05, 0) is 36.3 Å². The first-order chi connectivity index (χ1) is 7.68. The summed E-state index contributed by atoms with van der Waals surface area (Å²) in [5.41, 5.74) is 1.91. The van der Waals surface area contributed by atoms with Gasteiger partial charge in [0.15, 0.2) is 0 Å². The maximum atomic E-state index is 10.5. The number of aryl methyl sites for hydroxylation is 2. The highest BCUT2D eigenvalue weighted by Gasteiger charge is 2.13. The van der Waals surface area contributed by atoms with Gasteiger partial charge >= 0.3 is 5.97 Å². The molecule has 0 radical (unpaired) electrons. The van der Waals surface area contributed by atoms with Gasteiger partial charge in [-0.2, -0.15) is 0 Å². The Morgan fingerprint density at radius 3 is 3.00 bits per heavy atom. The van der Waals surface area contributed by atoms with Crippen molar-refractivity contribution in [3.8, 4) is 11.3 Å². The lowest BCUT2D eigenvalue weighted by atomic mass is 10.1. The maximum absolute atomic E-state index is 10.5. The molecule has 16 heavy (non-hydrogen) atoms. The molecule has 2 heterocycles. The number of carbonyl (C=O) groups is 1. The minimum Gasteiger partial charge on any atom is -0.481 e. The lowest BCUT2D eigenvalue weighted by Crippen LogP contribution is -1.97. The van der Waals surface area contributed by atoms with Crippen molar-refractivity contribution < 1.29 is 9.90 Å². The number of carboxylic acid groups (broad SMARTS) is 1. The van der Waals surface area contributed by atoms with Crippen molar-refractivity contribution in [2.24, 2.45) is 0 Å². The highest BCUT2D eigenvalue weighted by molar-refractivity contribution is 7.10. The Morgan fingerprint density at radius 1 is 1.56 bits per heavy atom. The monoisotopic (exact) mass is 254 g/mol. The van der Waals surface area contributed by atoms with Crippen LogP contribution in [0.5, 0.6) is 0 Å². The Bertz CT molecular complexity index is 504. The minimum atomic E-state index is -0.771. The van der Waals surface area contributed by atoms with Crippen LogP contribution < -0.4 is 0 Å². The third-order valence-corrected chi connectivity index (χ3v) is 3.83. The van der Waals surface area contributed by atoms with E-state index >= 15 is 0 Å². The van der Waals surface area contributed by atoms with E-state index in [2.05, 4.69) is 9.59 Å². The summed E-state index contributed by atoms with van der Waals surface area (Å²) >= 11 is 2.93. The first-order valence-corrected chi connectivity index (χ1v) is 6.41. The van der Waals surface area contributed by atoms with Gasteiger partial charge in [-0.3, -0.25) is 4.79 Å². The third kappa shape index (κ3) is 2.28. The van der Waals surface area contributed by atoms with Crippen LogP contribution in [-0.2, 0) is 11.2 Å². The van der Waals surface area contributed by atoms with Crippen molar-refractivity contribution in [2.75, 3.05) is 0 Å². The predicted molar refractivity (Wildman–Crippen MR) is 63.9 cm³/mol. The first-order valence-electron chi connectivity index (χ1n) is 4.76. The molecule has 0 bridgehead atoms. The molecule has 1 N–H and O–H groups in total. The molecule has 4 nitrogen and oxygen atoms in total. The van der Waals surface area contributed by atoms with Crippen LogP contribution >= 0.6 is 22.9 Å². The smallest absolute Gasteiger partial charge is 0.303 e. The van der Waals surface area contributed by atoms with E-state index in [-0.39, 0.29) is 6.42 Å². The van der Waals surface area contributed by atoms with Gasteiger partial charge in [0.25, 0.3) is 0 Å². The summed E-state index contributed by atoms with van der Waals surface area (Å²) in [6, 6.07) is 1.98. The summed E-state index contributed by atoms with van der Waals surface area (Å²) in [5.74, 6) is -0.771. The number of rotatable bonds is 4. The average Bonchev–Trinajstić information content (AvgIpc) is 2.82. The molecule has 0 unspecified atom stereocenters. The number of hydrogen-bond donors (Lipinski definition) is 1. The zero-order valence-corrected chi connectivity index (χ0v) is 10.3. The van der Waals surface area contributed by atoms with Crippen molar-refractivity contribution in [2.45, 2.75) is 19.8 Å². The van der Waals surface area contributed by atoms with Gasteiger partial charge in [0, 0.05) is 10.4 Å². The zero-order chi connectivity index (χ0) is 11.5. The van der Waals surface area contributed by atoms with Crippen molar-refractivity contribution in [1.29, 1.82) is 0 Å². The van der Waals surface area contributed by atoms with E-state index < -0.39 is 5.97 Å². The quantitative estimate of drug-likeness (QED) is 0.911. The number of nitrogens with zero attached hydrogens (tertiary/aromatic N) is 2. The first kappa shape index (κ1) is 11.2. The van der Waals surface area contributed by atoms with Crippen LogP contribution in [0.3, 0.4) is 0 Å². The highest BCUT2D eigenvalue weighted by atomic mass is 32.1. The lowest BCUT2D eigenvalue weighted by Gasteiger charge is -1.99. The molecule has 0 fully saturated rings. The Labute approximate surface area is 101 Å². The molecule has 0 atom stereocenters. The van der Waals surface area contributed by atoms with Gasteiger partial charge in [-0.15, -0.1) is 16.4 Å². The van der Waals surface area contributed by atoms with E-state index in [1.807, 2.05) is 18.4 Å². The average molecular weight is 254 g/mol. The Kier molecular flexibility index (Phi) is 3.31. The molecule has 0 aliphatic heterocycles. The van der Waals surface area contributed by atoms with E-state index in [0.717, 1.165) is 21.0 Å². The molecule has 2 aromatic rings. The molecular weight excluding hydrogens is 244 g/mol. The summed E-state index contributed by atoms with van der Waals surface area (Å²) < 4.78 is 3.89. The third-order valence-electron chi connectivity index (χ3n) is 2.22. The van der Waals surface area contributed by atoms with Gasteiger partial charge in [0.2, 0.25) is 0 Å². The van der Waals surface area contributed by atoms with Crippen LogP contribution in [0, 0.1) is 6.92 Å². The molecule has 0 saturated carbocycles. The normalized spacial score (nSPS) is 10.6. The summed E-state index contributed by atoms with van der Waals surface area (Å²) in [6.45, 7) is 1.97. The largest absolute Gasteiger partial charge is 0.481 e. The van der Waals surface area contributed by atoms with Gasteiger partial charge in [-0.25, -0.2) is 0 Å². The highest BCUT2D eigenvalue weighted by Crippen LogP contribution is 2.31. The molecule has 84 valence electrons. The van der Waals surface area contributed by atoms with Crippen LogP contribution in [0.15, 0.2) is 11.4 Å². The van der Waals surface area contributed by atoms with Gasteiger partial charge in [0.05, 0.1) is 11.3 Å². The lowest BCUT2D eigenvalue weighted by molar-refractivity contribution is -0.136. The number of thiophene rings is 1. The summed E-state index contributed by atoms with van der Waals surface area (Å²) in [7, 11) is 0. The number of hydrogen-bond acceptors (Lipinski definition) is 5. The van der Waals surface area contributed by atoms with Crippen LogP contribution in [-0.4, -0.2) is 20.7 Å². The predicted octanol–water partition coefficient (Wildman–Crippen LogP) is 2.59. The zero-order valence-electron chi connectivity index (χ0n) is 8.64. The molecule has 0 aliphatic carbocycles. The Hall–Kier alpha value is -1.27. The molecule has 0 aromatic carbocycles. The molecule has 2 aromatic heterocycles. The van der Waals surface area contributed by atoms with Gasteiger partial charge in [0.1, 0.15) is 5.69 Å². The molecule has 6 heteroatoms. The Balaban J connectivity index is 2.26. The standard InChI is InChI=1S/C10H10N2O2S2/c1-6-10(11-12-16-6)7-4-5-15-8(7)2-3-9(13)14/h4-5H,2-3H2,1H3,(H,13,14). The van der Waals surface area contributed by atoms with E-state index in [4.69, 9.17) is 5.11 Å². The fourth-order valence-electron chi connectivity index (χ4n) is 1.45. The second kappa shape index (κ2) is 4.71. The van der Waals surface area contributed by atoms with Crippen LogP contribution in [0.2, 0.25) is 0 Å². The fourth-order valence-corrected chi connectivity index (χ4v) is 2.81. The molecular formula is C10H10N2O2S2. The van der Waals surface area contributed by atoms with Crippen LogP contribution in [0.4, 0.5) is 0 Å². The van der Waals surface area contributed by atoms with Crippen molar-refractivity contribution >= 4 is 28.8 Å².